The Labute approximate surface area is 213 Å². The van der Waals surface area contributed by atoms with Crippen LogP contribution in [0.2, 0.25) is 5.02 Å². The molecule has 2 heterocycles. The summed E-state index contributed by atoms with van der Waals surface area (Å²) >= 11 is 7.31. The molecule has 182 valence electrons. The molecule has 1 aliphatic heterocycles. The van der Waals surface area contributed by atoms with Crippen LogP contribution in [0.4, 0.5) is 0 Å². The first-order chi connectivity index (χ1) is 16.9. The summed E-state index contributed by atoms with van der Waals surface area (Å²) in [5.41, 5.74) is 2.30. The van der Waals surface area contributed by atoms with E-state index in [2.05, 4.69) is 4.72 Å². The van der Waals surface area contributed by atoms with E-state index in [1.807, 2.05) is 48.5 Å². The molecular weight excluding hydrogens is 504 g/mol. The highest BCUT2D eigenvalue weighted by molar-refractivity contribution is 7.89. The van der Waals surface area contributed by atoms with Crippen molar-refractivity contribution in [1.29, 1.82) is 0 Å². The zero-order valence-electron chi connectivity index (χ0n) is 18.9. The molecule has 1 fully saturated rings. The fourth-order valence-electron chi connectivity index (χ4n) is 4.60. The van der Waals surface area contributed by atoms with Crippen molar-refractivity contribution in [3.05, 3.63) is 98.6 Å². The van der Waals surface area contributed by atoms with Gasteiger partial charge in [0, 0.05) is 30.2 Å². The van der Waals surface area contributed by atoms with E-state index in [-0.39, 0.29) is 21.7 Å². The van der Waals surface area contributed by atoms with Crippen molar-refractivity contribution in [3.8, 4) is 0 Å². The van der Waals surface area contributed by atoms with Gasteiger partial charge >= 0.3 is 4.87 Å². The highest BCUT2D eigenvalue weighted by atomic mass is 35.5. The topological polar surface area (TPSA) is 77.4 Å². The third kappa shape index (κ3) is 4.94. The van der Waals surface area contributed by atoms with E-state index < -0.39 is 10.0 Å². The summed E-state index contributed by atoms with van der Waals surface area (Å²) in [4.78, 5) is 12.7. The number of nitrogens with zero attached hydrogens (tertiary/aromatic N) is 1. The molecule has 5 rings (SSSR count). The van der Waals surface area contributed by atoms with Gasteiger partial charge in [0.1, 0.15) is 0 Å². The fraction of sp³-hybridized carbons (Fsp3) is 0.269. The van der Waals surface area contributed by atoms with Gasteiger partial charge in [-0.05, 0) is 48.2 Å². The second-order valence-corrected chi connectivity index (χ2v) is 11.9. The molecule has 0 saturated carbocycles. The highest BCUT2D eigenvalue weighted by Gasteiger charge is 2.35. The molecular formula is C26H25ClN2O4S2. The number of sulfonamides is 1. The van der Waals surface area contributed by atoms with Crippen molar-refractivity contribution < 1.29 is 13.2 Å². The van der Waals surface area contributed by atoms with Crippen molar-refractivity contribution in [3.63, 3.8) is 0 Å². The average molecular weight is 529 g/mol. The SMILES string of the molecule is O=c1sc2cc(S(=O)(=O)NCC3(c4ccccc4)CCOCC3)ccc2n1Cc1ccccc1Cl. The van der Waals surface area contributed by atoms with Gasteiger partial charge in [-0.3, -0.25) is 9.36 Å². The molecule has 0 bridgehead atoms. The van der Waals surface area contributed by atoms with E-state index in [0.29, 0.717) is 35.0 Å². The van der Waals surface area contributed by atoms with Gasteiger partial charge in [0.15, 0.2) is 0 Å². The molecule has 0 amide bonds. The van der Waals surface area contributed by atoms with E-state index in [1.54, 1.807) is 28.8 Å². The number of thiazole rings is 1. The maximum absolute atomic E-state index is 13.3. The zero-order chi connectivity index (χ0) is 24.5. The van der Waals surface area contributed by atoms with E-state index in [0.717, 1.165) is 35.3 Å². The molecule has 1 saturated heterocycles. The number of nitrogens with one attached hydrogen (secondary N) is 1. The molecule has 9 heteroatoms. The standard InChI is InChI=1S/C26H25ClN2O4S2/c27-22-9-5-4-6-19(22)17-29-23-11-10-21(16-24(23)34-25(29)30)35(31,32)28-18-26(12-14-33-15-13-26)20-7-2-1-3-8-20/h1-11,16,28H,12-15,17-18H2. The van der Waals surface area contributed by atoms with Gasteiger partial charge in [0.25, 0.3) is 0 Å². The van der Waals surface area contributed by atoms with Gasteiger partial charge in [-0.2, -0.15) is 0 Å². The van der Waals surface area contributed by atoms with E-state index in [9.17, 15) is 13.2 Å². The maximum Gasteiger partial charge on any atom is 0.308 e. The van der Waals surface area contributed by atoms with Crippen LogP contribution in [-0.4, -0.2) is 32.7 Å². The lowest BCUT2D eigenvalue weighted by atomic mass is 9.74. The first-order valence-corrected chi connectivity index (χ1v) is 14.1. The largest absolute Gasteiger partial charge is 0.381 e. The summed E-state index contributed by atoms with van der Waals surface area (Å²) in [6, 6.07) is 22.2. The lowest BCUT2D eigenvalue weighted by Crippen LogP contribution is -2.44. The van der Waals surface area contributed by atoms with Crippen LogP contribution in [0.3, 0.4) is 0 Å². The van der Waals surface area contributed by atoms with Gasteiger partial charge in [-0.25, -0.2) is 13.1 Å². The smallest absolute Gasteiger partial charge is 0.308 e. The van der Waals surface area contributed by atoms with E-state index in [1.165, 1.54) is 0 Å². The zero-order valence-corrected chi connectivity index (χ0v) is 21.3. The molecule has 0 radical (unpaired) electrons. The number of hydrogen-bond donors (Lipinski definition) is 1. The van der Waals surface area contributed by atoms with Crippen molar-refractivity contribution in [2.75, 3.05) is 19.8 Å². The van der Waals surface area contributed by atoms with Crippen LogP contribution < -0.4 is 9.60 Å². The highest BCUT2D eigenvalue weighted by Crippen LogP contribution is 2.35. The summed E-state index contributed by atoms with van der Waals surface area (Å²) in [6.45, 7) is 1.79. The predicted octanol–water partition coefficient (Wildman–Crippen LogP) is 4.79. The van der Waals surface area contributed by atoms with Crippen LogP contribution in [0.15, 0.2) is 82.5 Å². The van der Waals surface area contributed by atoms with Gasteiger partial charge in [0.05, 0.1) is 21.7 Å². The summed E-state index contributed by atoms with van der Waals surface area (Å²) < 4.78 is 37.2. The number of benzene rings is 3. The van der Waals surface area contributed by atoms with Crippen LogP contribution in [0.1, 0.15) is 24.0 Å². The minimum Gasteiger partial charge on any atom is -0.381 e. The Kier molecular flexibility index (Phi) is 6.83. The Morgan fingerprint density at radius 1 is 1.00 bits per heavy atom. The number of halogens is 1. The molecule has 0 aliphatic carbocycles. The van der Waals surface area contributed by atoms with Crippen LogP contribution in [0.25, 0.3) is 10.2 Å². The van der Waals surface area contributed by atoms with Crippen molar-refractivity contribution in [2.24, 2.45) is 0 Å². The average Bonchev–Trinajstić information content (AvgIpc) is 3.19. The van der Waals surface area contributed by atoms with Crippen molar-refractivity contribution >= 4 is 43.2 Å². The molecule has 0 unspecified atom stereocenters. The van der Waals surface area contributed by atoms with Crippen LogP contribution in [-0.2, 0) is 26.7 Å². The van der Waals surface area contributed by atoms with Gasteiger partial charge in [-0.15, -0.1) is 0 Å². The number of fused-ring (bicyclic) bond motifs is 1. The lowest BCUT2D eigenvalue weighted by molar-refractivity contribution is 0.0517. The third-order valence-corrected chi connectivity index (χ3v) is 9.38. The quantitative estimate of drug-likeness (QED) is 0.374. The normalized spacial score (nSPS) is 15.9. The van der Waals surface area contributed by atoms with Gasteiger partial charge in [-0.1, -0.05) is 71.5 Å². The van der Waals surface area contributed by atoms with E-state index >= 15 is 0 Å². The van der Waals surface area contributed by atoms with Gasteiger partial charge < -0.3 is 4.74 Å². The number of aromatic nitrogens is 1. The molecule has 1 aliphatic rings. The number of ether oxygens (including phenoxy) is 1. The monoisotopic (exact) mass is 528 g/mol. The minimum atomic E-state index is -3.78. The molecule has 3 aromatic carbocycles. The molecule has 0 spiro atoms. The van der Waals surface area contributed by atoms with Crippen LogP contribution in [0, 0.1) is 0 Å². The first kappa shape index (κ1) is 24.2. The summed E-state index contributed by atoms with van der Waals surface area (Å²) in [6.07, 6.45) is 1.48. The Morgan fingerprint density at radius 2 is 1.71 bits per heavy atom. The minimum absolute atomic E-state index is 0.145. The second kappa shape index (κ2) is 9.87. The Bertz CT molecular complexity index is 1510. The Hall–Kier alpha value is -2.49. The summed E-state index contributed by atoms with van der Waals surface area (Å²) in [5.74, 6) is 0. The van der Waals surface area contributed by atoms with E-state index in [4.69, 9.17) is 16.3 Å². The van der Waals surface area contributed by atoms with Crippen molar-refractivity contribution in [2.45, 2.75) is 29.7 Å². The Morgan fingerprint density at radius 3 is 2.46 bits per heavy atom. The summed E-state index contributed by atoms with van der Waals surface area (Å²) in [7, 11) is -3.78. The van der Waals surface area contributed by atoms with Crippen LogP contribution in [0.5, 0.6) is 0 Å². The molecule has 0 atom stereocenters. The first-order valence-electron chi connectivity index (χ1n) is 11.4. The summed E-state index contributed by atoms with van der Waals surface area (Å²) in [5, 5.41) is 0.586. The lowest BCUT2D eigenvalue weighted by Gasteiger charge is -2.37. The molecule has 1 aromatic heterocycles. The maximum atomic E-state index is 13.3. The predicted molar refractivity (Wildman–Crippen MR) is 140 cm³/mol. The molecule has 35 heavy (non-hydrogen) atoms. The molecule has 4 aromatic rings. The second-order valence-electron chi connectivity index (χ2n) is 8.76. The molecule has 6 nitrogen and oxygen atoms in total. The Balaban J connectivity index is 1.41. The van der Waals surface area contributed by atoms with Crippen molar-refractivity contribution in [1.82, 2.24) is 9.29 Å². The fourth-order valence-corrected chi connectivity index (χ4v) is 6.95. The molecule has 1 N–H and O–H groups in total. The number of hydrogen-bond acceptors (Lipinski definition) is 5. The van der Waals surface area contributed by atoms with Gasteiger partial charge in [0.2, 0.25) is 10.0 Å². The third-order valence-electron chi connectivity index (χ3n) is 6.67. The van der Waals surface area contributed by atoms with Crippen LogP contribution >= 0.6 is 22.9 Å². The number of rotatable bonds is 7.